The maximum atomic E-state index is 13.7. The number of ether oxygens (including phenoxy) is 3. The molecule has 0 spiro atoms. The number of hydrazone groups is 1. The fourth-order valence-corrected chi connectivity index (χ4v) is 5.53. The van der Waals surface area contributed by atoms with Gasteiger partial charge < -0.3 is 19.5 Å². The lowest BCUT2D eigenvalue weighted by molar-refractivity contribution is -0.119. The standard InChI is InChI=1S/C33H34N4O7S/c1-23-5-11-26(12-6-23)35-33(39)22-44-27-13-9-25(10-14-27)20-34-36-32(38)21-37(30-19-28(42-3)15-18-31(30)43-4)45(40,41)29-16-7-24(2)8-17-29/h5-20H,21-22H2,1-4H3,(H,35,39)(H,36,38)/b34-20-. The highest BCUT2D eigenvalue weighted by Gasteiger charge is 2.30. The van der Waals surface area contributed by atoms with E-state index in [1.807, 2.05) is 38.1 Å². The van der Waals surface area contributed by atoms with Gasteiger partial charge in [0.2, 0.25) is 0 Å². The number of hydrogen-bond acceptors (Lipinski definition) is 8. The zero-order valence-electron chi connectivity index (χ0n) is 25.3. The minimum atomic E-state index is -4.19. The molecule has 45 heavy (non-hydrogen) atoms. The average molecular weight is 631 g/mol. The lowest BCUT2D eigenvalue weighted by Gasteiger charge is -2.25. The number of benzene rings is 4. The molecule has 4 aromatic rings. The second kappa shape index (κ2) is 14.9. The predicted octanol–water partition coefficient (Wildman–Crippen LogP) is 4.68. The second-order valence-electron chi connectivity index (χ2n) is 9.93. The second-order valence-corrected chi connectivity index (χ2v) is 11.8. The van der Waals surface area contributed by atoms with Crippen LogP contribution >= 0.6 is 0 Å². The quantitative estimate of drug-likeness (QED) is 0.162. The third-order valence-corrected chi connectivity index (χ3v) is 8.31. The maximum Gasteiger partial charge on any atom is 0.264 e. The minimum Gasteiger partial charge on any atom is -0.497 e. The van der Waals surface area contributed by atoms with Crippen LogP contribution in [0.25, 0.3) is 0 Å². The summed E-state index contributed by atoms with van der Waals surface area (Å²) in [6.45, 7) is 3.05. The van der Waals surface area contributed by atoms with E-state index in [9.17, 15) is 18.0 Å². The summed E-state index contributed by atoms with van der Waals surface area (Å²) in [5.41, 5.74) is 5.79. The number of hydrogen-bond donors (Lipinski definition) is 2. The Morgan fingerprint density at radius 1 is 0.800 bits per heavy atom. The Hall–Kier alpha value is -5.36. The van der Waals surface area contributed by atoms with Gasteiger partial charge in [-0.3, -0.25) is 13.9 Å². The molecule has 234 valence electrons. The van der Waals surface area contributed by atoms with Crippen LogP contribution in [0, 0.1) is 13.8 Å². The molecule has 0 fully saturated rings. The Balaban J connectivity index is 1.41. The molecule has 0 saturated heterocycles. The van der Waals surface area contributed by atoms with Crippen LogP contribution in [0.3, 0.4) is 0 Å². The molecule has 0 aliphatic carbocycles. The van der Waals surface area contributed by atoms with Crippen LogP contribution in [-0.2, 0) is 19.6 Å². The Morgan fingerprint density at radius 3 is 2.04 bits per heavy atom. The normalized spacial score (nSPS) is 11.1. The molecule has 2 N–H and O–H groups in total. The van der Waals surface area contributed by atoms with E-state index in [-0.39, 0.29) is 28.8 Å². The highest BCUT2D eigenvalue weighted by Crippen LogP contribution is 2.35. The lowest BCUT2D eigenvalue weighted by Crippen LogP contribution is -2.39. The number of amides is 2. The van der Waals surface area contributed by atoms with Crippen molar-refractivity contribution in [1.29, 1.82) is 0 Å². The lowest BCUT2D eigenvalue weighted by atomic mass is 10.2. The van der Waals surface area contributed by atoms with Crippen molar-refractivity contribution in [2.75, 3.05) is 37.0 Å². The number of carbonyl (C=O) groups excluding carboxylic acids is 2. The monoisotopic (exact) mass is 630 g/mol. The zero-order valence-corrected chi connectivity index (χ0v) is 26.1. The van der Waals surface area contributed by atoms with Gasteiger partial charge in [0.15, 0.2) is 6.61 Å². The number of carbonyl (C=O) groups is 2. The summed E-state index contributed by atoms with van der Waals surface area (Å²) in [6.07, 6.45) is 1.40. The van der Waals surface area contributed by atoms with Crippen LogP contribution in [0.1, 0.15) is 16.7 Å². The van der Waals surface area contributed by atoms with Gasteiger partial charge in [0.1, 0.15) is 23.8 Å². The van der Waals surface area contributed by atoms with Crippen LogP contribution in [0.4, 0.5) is 11.4 Å². The van der Waals surface area contributed by atoms with Gasteiger partial charge in [-0.15, -0.1) is 0 Å². The molecule has 4 aromatic carbocycles. The van der Waals surface area contributed by atoms with Crippen molar-refractivity contribution in [2.24, 2.45) is 5.10 Å². The summed E-state index contributed by atoms with van der Waals surface area (Å²) in [7, 11) is -1.34. The first kappa shape index (κ1) is 32.6. The van der Waals surface area contributed by atoms with Gasteiger partial charge in [0, 0.05) is 11.8 Å². The van der Waals surface area contributed by atoms with Crippen molar-refractivity contribution in [3.63, 3.8) is 0 Å². The van der Waals surface area contributed by atoms with E-state index >= 15 is 0 Å². The van der Waals surface area contributed by atoms with Crippen molar-refractivity contribution < 1.29 is 32.2 Å². The third kappa shape index (κ3) is 8.83. The van der Waals surface area contributed by atoms with E-state index < -0.39 is 22.5 Å². The van der Waals surface area contributed by atoms with E-state index in [1.165, 1.54) is 38.6 Å². The molecule has 0 unspecified atom stereocenters. The van der Waals surface area contributed by atoms with Gasteiger partial charge in [-0.25, -0.2) is 13.8 Å². The first-order valence-electron chi connectivity index (χ1n) is 13.8. The molecular weight excluding hydrogens is 596 g/mol. The number of rotatable bonds is 13. The van der Waals surface area contributed by atoms with Crippen LogP contribution in [-0.4, -0.2) is 53.8 Å². The SMILES string of the molecule is COc1ccc(OC)c(N(CC(=O)N/N=C\c2ccc(OCC(=O)Nc3ccc(C)cc3)cc2)S(=O)(=O)c2ccc(C)cc2)c1. The van der Waals surface area contributed by atoms with Crippen LogP contribution in [0.2, 0.25) is 0 Å². The zero-order chi connectivity index (χ0) is 32.4. The van der Waals surface area contributed by atoms with Crippen molar-refractivity contribution in [1.82, 2.24) is 5.43 Å². The molecule has 0 aliphatic heterocycles. The van der Waals surface area contributed by atoms with Gasteiger partial charge >= 0.3 is 0 Å². The van der Waals surface area contributed by atoms with E-state index in [1.54, 1.807) is 48.5 Å². The van der Waals surface area contributed by atoms with Gasteiger partial charge in [0.25, 0.3) is 21.8 Å². The smallest absolute Gasteiger partial charge is 0.264 e. The van der Waals surface area contributed by atoms with Crippen molar-refractivity contribution in [3.05, 3.63) is 108 Å². The molecule has 12 heteroatoms. The van der Waals surface area contributed by atoms with E-state index in [2.05, 4.69) is 15.8 Å². The molecule has 2 amide bonds. The molecule has 0 atom stereocenters. The van der Waals surface area contributed by atoms with Crippen LogP contribution < -0.4 is 29.3 Å². The largest absolute Gasteiger partial charge is 0.497 e. The Kier molecular flexibility index (Phi) is 10.8. The number of aryl methyl sites for hydroxylation is 2. The third-order valence-electron chi connectivity index (χ3n) is 6.54. The average Bonchev–Trinajstić information content (AvgIpc) is 3.04. The summed E-state index contributed by atoms with van der Waals surface area (Å²) in [6, 6.07) is 25.1. The molecule has 0 heterocycles. The Labute approximate surface area is 262 Å². The molecule has 0 aromatic heterocycles. The summed E-state index contributed by atoms with van der Waals surface area (Å²) < 4.78 is 44.7. The Morgan fingerprint density at radius 2 is 1.42 bits per heavy atom. The number of nitrogens with zero attached hydrogens (tertiary/aromatic N) is 2. The fourth-order valence-electron chi connectivity index (χ4n) is 4.11. The van der Waals surface area contributed by atoms with Gasteiger partial charge in [-0.1, -0.05) is 35.4 Å². The van der Waals surface area contributed by atoms with Gasteiger partial charge in [0.05, 0.1) is 31.0 Å². The Bertz CT molecular complexity index is 1760. The molecule has 0 saturated carbocycles. The predicted molar refractivity (Wildman–Crippen MR) is 173 cm³/mol. The number of anilines is 2. The van der Waals surface area contributed by atoms with Gasteiger partial charge in [-0.2, -0.15) is 5.10 Å². The molecule has 0 aliphatic rings. The summed E-state index contributed by atoms with van der Waals surface area (Å²) in [5.74, 6) is 0.105. The fraction of sp³-hybridized carbons (Fsp3) is 0.182. The van der Waals surface area contributed by atoms with E-state index in [0.717, 1.165) is 15.4 Å². The summed E-state index contributed by atoms with van der Waals surface area (Å²) in [4.78, 5) is 25.2. The highest BCUT2D eigenvalue weighted by molar-refractivity contribution is 7.92. The highest BCUT2D eigenvalue weighted by atomic mass is 32.2. The minimum absolute atomic E-state index is 0.00390. The number of nitrogens with one attached hydrogen (secondary N) is 2. The molecule has 0 radical (unpaired) electrons. The first-order valence-corrected chi connectivity index (χ1v) is 15.3. The summed E-state index contributed by atoms with van der Waals surface area (Å²) >= 11 is 0. The van der Waals surface area contributed by atoms with E-state index in [4.69, 9.17) is 14.2 Å². The van der Waals surface area contributed by atoms with Crippen LogP contribution in [0.15, 0.2) is 101 Å². The van der Waals surface area contributed by atoms with Crippen molar-refractivity contribution in [2.45, 2.75) is 18.7 Å². The number of sulfonamides is 1. The van der Waals surface area contributed by atoms with Crippen molar-refractivity contribution in [3.8, 4) is 17.2 Å². The molecule has 4 rings (SSSR count). The first-order chi connectivity index (χ1) is 21.6. The molecule has 11 nitrogen and oxygen atoms in total. The summed E-state index contributed by atoms with van der Waals surface area (Å²) in [5, 5.41) is 6.75. The molecular formula is C33H34N4O7S. The number of methoxy groups -OCH3 is 2. The van der Waals surface area contributed by atoms with Crippen LogP contribution in [0.5, 0.6) is 17.2 Å². The van der Waals surface area contributed by atoms with E-state index in [0.29, 0.717) is 22.7 Å². The van der Waals surface area contributed by atoms with Gasteiger partial charge in [-0.05, 0) is 80.1 Å². The topological polar surface area (TPSA) is 136 Å². The molecule has 0 bridgehead atoms. The van der Waals surface area contributed by atoms with Crippen molar-refractivity contribution >= 4 is 39.4 Å². The maximum absolute atomic E-state index is 13.7.